The second-order valence-electron chi connectivity index (χ2n) is 4.10. The highest BCUT2D eigenvalue weighted by atomic mass is 35.5. The Balaban J connectivity index is 2.07. The summed E-state index contributed by atoms with van der Waals surface area (Å²) in [5, 5.41) is 0. The maximum Gasteiger partial charge on any atom is 0.263 e. The number of rotatable bonds is 2. The first-order valence-corrected chi connectivity index (χ1v) is 7.02. The molecule has 1 aromatic heterocycles. The number of thiocarbonyl (C=S) groups is 1. The molecule has 17 heavy (non-hydrogen) atoms. The predicted molar refractivity (Wildman–Crippen MR) is 74.7 cm³/mol. The molecule has 1 saturated heterocycles. The minimum atomic E-state index is 0.0304. The Hall–Kier alpha value is -0.650. The third-order valence-electron chi connectivity index (χ3n) is 2.89. The van der Waals surface area contributed by atoms with Crippen LogP contribution in [0.25, 0.3) is 0 Å². The first kappa shape index (κ1) is 12.8. The van der Waals surface area contributed by atoms with Crippen molar-refractivity contribution in [2.45, 2.75) is 12.8 Å². The van der Waals surface area contributed by atoms with Gasteiger partial charge in [-0.05, 0) is 25.0 Å². The van der Waals surface area contributed by atoms with Crippen molar-refractivity contribution in [1.82, 2.24) is 4.90 Å². The van der Waals surface area contributed by atoms with E-state index < -0.39 is 0 Å². The average Bonchev–Trinajstić information content (AvgIpc) is 2.75. The molecule has 1 fully saturated rings. The van der Waals surface area contributed by atoms with Crippen molar-refractivity contribution in [2.24, 2.45) is 11.7 Å². The van der Waals surface area contributed by atoms with E-state index in [1.165, 1.54) is 11.3 Å². The summed E-state index contributed by atoms with van der Waals surface area (Å²) in [5.41, 5.74) is 5.65. The van der Waals surface area contributed by atoms with Crippen LogP contribution in [0.2, 0.25) is 4.34 Å². The summed E-state index contributed by atoms with van der Waals surface area (Å²) in [6.45, 7) is 1.40. The number of piperidine rings is 1. The van der Waals surface area contributed by atoms with E-state index >= 15 is 0 Å². The molecule has 2 heterocycles. The number of thiophene rings is 1. The van der Waals surface area contributed by atoms with Crippen LogP contribution in [0.3, 0.4) is 0 Å². The van der Waals surface area contributed by atoms with Crippen LogP contribution in [0.1, 0.15) is 22.5 Å². The molecule has 0 bridgehead atoms. The molecule has 1 atom stereocenters. The molecule has 0 spiro atoms. The van der Waals surface area contributed by atoms with E-state index in [1.807, 2.05) is 4.90 Å². The van der Waals surface area contributed by atoms with Crippen molar-refractivity contribution < 1.29 is 4.79 Å². The van der Waals surface area contributed by atoms with Crippen LogP contribution in [0.4, 0.5) is 0 Å². The highest BCUT2D eigenvalue weighted by Crippen LogP contribution is 2.25. The van der Waals surface area contributed by atoms with Gasteiger partial charge in [0.1, 0.15) is 0 Å². The Morgan fingerprint density at radius 3 is 2.94 bits per heavy atom. The van der Waals surface area contributed by atoms with E-state index in [4.69, 9.17) is 29.6 Å². The van der Waals surface area contributed by atoms with E-state index in [0.29, 0.717) is 20.7 Å². The Kier molecular flexibility index (Phi) is 4.01. The van der Waals surface area contributed by atoms with Crippen LogP contribution < -0.4 is 5.73 Å². The number of hydrogen-bond acceptors (Lipinski definition) is 3. The quantitative estimate of drug-likeness (QED) is 0.851. The molecule has 2 rings (SSSR count). The van der Waals surface area contributed by atoms with Gasteiger partial charge in [0.25, 0.3) is 5.91 Å². The van der Waals surface area contributed by atoms with Crippen LogP contribution >= 0.6 is 35.2 Å². The molecular formula is C11H13ClN2OS2. The highest BCUT2D eigenvalue weighted by Gasteiger charge is 2.26. The Labute approximate surface area is 115 Å². The van der Waals surface area contributed by atoms with Crippen molar-refractivity contribution in [3.05, 3.63) is 21.3 Å². The predicted octanol–water partition coefficient (Wildman–Crippen LogP) is 2.54. The standard InChI is InChI=1S/C11H13ClN2OS2/c12-9-4-3-8(17-9)11(15)14-5-1-2-7(6-14)10(13)16/h3-4,7H,1-2,5-6H2,(H2,13,16). The molecule has 92 valence electrons. The van der Waals surface area contributed by atoms with Gasteiger partial charge in [-0.25, -0.2) is 0 Å². The number of carbonyl (C=O) groups is 1. The topological polar surface area (TPSA) is 46.3 Å². The lowest BCUT2D eigenvalue weighted by Crippen LogP contribution is -2.43. The van der Waals surface area contributed by atoms with Gasteiger partial charge in [-0.15, -0.1) is 11.3 Å². The first-order valence-electron chi connectivity index (χ1n) is 5.42. The third-order valence-corrected chi connectivity index (χ3v) is 4.45. The lowest BCUT2D eigenvalue weighted by atomic mass is 9.98. The summed E-state index contributed by atoms with van der Waals surface area (Å²) in [6.07, 6.45) is 1.93. The normalized spacial score (nSPS) is 20.3. The van der Waals surface area contributed by atoms with E-state index in [9.17, 15) is 4.79 Å². The zero-order valence-corrected chi connectivity index (χ0v) is 11.6. The zero-order chi connectivity index (χ0) is 12.4. The van der Waals surface area contributed by atoms with Crippen molar-refractivity contribution in [2.75, 3.05) is 13.1 Å². The van der Waals surface area contributed by atoms with Crippen LogP contribution in [0.15, 0.2) is 12.1 Å². The fraction of sp³-hybridized carbons (Fsp3) is 0.455. The molecule has 0 radical (unpaired) electrons. The summed E-state index contributed by atoms with van der Waals surface area (Å²) in [4.78, 5) is 15.2. The number of halogens is 1. The summed E-state index contributed by atoms with van der Waals surface area (Å²) in [6, 6.07) is 3.51. The van der Waals surface area contributed by atoms with Gasteiger partial charge >= 0.3 is 0 Å². The highest BCUT2D eigenvalue weighted by molar-refractivity contribution is 7.80. The molecular weight excluding hydrogens is 276 g/mol. The van der Waals surface area contributed by atoms with E-state index in [2.05, 4.69) is 0 Å². The summed E-state index contributed by atoms with van der Waals surface area (Å²) < 4.78 is 0.635. The van der Waals surface area contributed by atoms with Crippen molar-refractivity contribution >= 4 is 46.1 Å². The largest absolute Gasteiger partial charge is 0.393 e. The van der Waals surface area contributed by atoms with Gasteiger partial charge in [0.2, 0.25) is 0 Å². The molecule has 0 aromatic carbocycles. The fourth-order valence-corrected chi connectivity index (χ4v) is 3.18. The molecule has 1 aliphatic rings. The second kappa shape index (κ2) is 5.33. The molecule has 1 aromatic rings. The van der Waals surface area contributed by atoms with Crippen molar-refractivity contribution in [3.8, 4) is 0 Å². The number of hydrogen-bond donors (Lipinski definition) is 1. The number of likely N-dealkylation sites (tertiary alicyclic amines) is 1. The first-order chi connectivity index (χ1) is 8.08. The third kappa shape index (κ3) is 2.97. The molecule has 1 amide bonds. The number of nitrogens with two attached hydrogens (primary N) is 1. The number of amides is 1. The lowest BCUT2D eigenvalue weighted by Gasteiger charge is -2.31. The Bertz CT molecular complexity index is 446. The van der Waals surface area contributed by atoms with Gasteiger partial charge in [0.15, 0.2) is 0 Å². The lowest BCUT2D eigenvalue weighted by molar-refractivity contribution is 0.0708. The molecule has 0 aliphatic carbocycles. The number of nitrogens with zero attached hydrogens (tertiary/aromatic N) is 1. The van der Waals surface area contributed by atoms with Gasteiger partial charge in [-0.1, -0.05) is 23.8 Å². The van der Waals surface area contributed by atoms with Gasteiger partial charge in [-0.3, -0.25) is 4.79 Å². The van der Waals surface area contributed by atoms with Gasteiger partial charge < -0.3 is 10.6 Å². The van der Waals surface area contributed by atoms with E-state index in [0.717, 1.165) is 19.4 Å². The smallest absolute Gasteiger partial charge is 0.263 e. The van der Waals surface area contributed by atoms with Gasteiger partial charge in [0.05, 0.1) is 14.2 Å². The van der Waals surface area contributed by atoms with Crippen molar-refractivity contribution in [3.63, 3.8) is 0 Å². The monoisotopic (exact) mass is 288 g/mol. The average molecular weight is 289 g/mol. The molecule has 1 unspecified atom stereocenters. The van der Waals surface area contributed by atoms with E-state index in [1.54, 1.807) is 12.1 Å². The second-order valence-corrected chi connectivity index (χ2v) is 6.28. The maximum absolute atomic E-state index is 12.2. The Morgan fingerprint density at radius 1 is 1.59 bits per heavy atom. The summed E-state index contributed by atoms with van der Waals surface area (Å²) >= 11 is 12.1. The maximum atomic E-state index is 12.2. The fourth-order valence-electron chi connectivity index (χ4n) is 1.98. The molecule has 0 saturated carbocycles. The van der Waals surface area contributed by atoms with Crippen LogP contribution in [-0.4, -0.2) is 28.9 Å². The van der Waals surface area contributed by atoms with E-state index in [-0.39, 0.29) is 11.8 Å². The van der Waals surface area contributed by atoms with Gasteiger partial charge in [-0.2, -0.15) is 0 Å². The molecule has 2 N–H and O–H groups in total. The Morgan fingerprint density at radius 2 is 2.35 bits per heavy atom. The van der Waals surface area contributed by atoms with Crippen LogP contribution in [-0.2, 0) is 0 Å². The minimum absolute atomic E-state index is 0.0304. The van der Waals surface area contributed by atoms with Crippen molar-refractivity contribution in [1.29, 1.82) is 0 Å². The van der Waals surface area contributed by atoms with Crippen LogP contribution in [0.5, 0.6) is 0 Å². The molecule has 1 aliphatic heterocycles. The molecule has 3 nitrogen and oxygen atoms in total. The SMILES string of the molecule is NC(=S)C1CCCN(C(=O)c2ccc(Cl)s2)C1. The van der Waals surface area contributed by atoms with Gasteiger partial charge in [0, 0.05) is 19.0 Å². The number of carbonyl (C=O) groups excluding carboxylic acids is 1. The zero-order valence-electron chi connectivity index (χ0n) is 9.19. The van der Waals surface area contributed by atoms with Crippen LogP contribution in [0, 0.1) is 5.92 Å². The summed E-state index contributed by atoms with van der Waals surface area (Å²) in [7, 11) is 0. The summed E-state index contributed by atoms with van der Waals surface area (Å²) in [5.74, 6) is 0.181. The molecule has 6 heteroatoms. The minimum Gasteiger partial charge on any atom is -0.393 e.